The second kappa shape index (κ2) is 8.82. The Morgan fingerprint density at radius 1 is 1.35 bits per heavy atom. The number of primary amides is 1. The maximum atomic E-state index is 12.3. The van der Waals surface area contributed by atoms with Crippen LogP contribution in [0.2, 0.25) is 0 Å². The first-order valence-electron chi connectivity index (χ1n) is 8.95. The molecule has 140 valence electrons. The van der Waals surface area contributed by atoms with E-state index in [0.717, 1.165) is 18.4 Å². The largest absolute Gasteiger partial charge is 0.379 e. The molecule has 0 unspecified atom stereocenters. The van der Waals surface area contributed by atoms with Crippen LogP contribution < -0.4 is 11.1 Å². The third-order valence-electron chi connectivity index (χ3n) is 4.60. The molecule has 0 saturated carbocycles. The maximum absolute atomic E-state index is 12.3. The Morgan fingerprint density at radius 2 is 2.19 bits per heavy atom. The van der Waals surface area contributed by atoms with Crippen LogP contribution >= 0.6 is 0 Å². The number of hydrogen-bond donors (Lipinski definition) is 3. The van der Waals surface area contributed by atoms with Gasteiger partial charge in [0.05, 0.1) is 18.8 Å². The number of aromatic amines is 1. The number of carbonyl (C=O) groups is 2. The summed E-state index contributed by atoms with van der Waals surface area (Å²) in [6.07, 6.45) is 4.42. The Balaban J connectivity index is 1.46. The lowest BCUT2D eigenvalue weighted by molar-refractivity contribution is -0.131. The quantitative estimate of drug-likeness (QED) is 0.660. The van der Waals surface area contributed by atoms with Gasteiger partial charge in [-0.1, -0.05) is 18.2 Å². The van der Waals surface area contributed by atoms with Gasteiger partial charge in [0, 0.05) is 30.1 Å². The van der Waals surface area contributed by atoms with Gasteiger partial charge in [-0.05, 0) is 30.9 Å². The molecule has 2 atom stereocenters. The molecule has 0 radical (unpaired) electrons. The van der Waals surface area contributed by atoms with Gasteiger partial charge in [0.25, 0.3) is 0 Å². The summed E-state index contributed by atoms with van der Waals surface area (Å²) in [4.78, 5) is 26.4. The van der Waals surface area contributed by atoms with E-state index in [2.05, 4.69) is 16.4 Å². The molecule has 26 heavy (non-hydrogen) atoms. The molecular weight excluding hydrogens is 334 g/mol. The van der Waals surface area contributed by atoms with Crippen molar-refractivity contribution in [3.63, 3.8) is 0 Å². The maximum Gasteiger partial charge on any atom is 0.243 e. The minimum atomic E-state index is -0.514. The molecule has 1 aromatic carbocycles. The lowest BCUT2D eigenvalue weighted by atomic mass is 10.0. The van der Waals surface area contributed by atoms with Gasteiger partial charge in [-0.25, -0.2) is 0 Å². The standard InChI is InChI=1S/C19H25N3O4/c20-18(23)12-26-17-8-9-25-11-16(17)22-19(24)7-3-4-13-10-21-15-6-2-1-5-14(13)15/h1-2,5-6,10,16-17,21H,3-4,7-9,11-12H2,(H2,20,23)(H,22,24)/t16-,17+/m1/s1. The normalized spacial score (nSPS) is 20.2. The topological polar surface area (TPSA) is 106 Å². The van der Waals surface area contributed by atoms with Crippen molar-refractivity contribution in [3.8, 4) is 0 Å². The van der Waals surface area contributed by atoms with Crippen molar-refractivity contribution >= 4 is 22.7 Å². The van der Waals surface area contributed by atoms with Crippen molar-refractivity contribution in [1.29, 1.82) is 0 Å². The molecule has 7 nitrogen and oxygen atoms in total. The van der Waals surface area contributed by atoms with Gasteiger partial charge in [0.2, 0.25) is 11.8 Å². The lowest BCUT2D eigenvalue weighted by Gasteiger charge is -2.31. The molecule has 1 aromatic heterocycles. The zero-order chi connectivity index (χ0) is 18.4. The fourth-order valence-electron chi connectivity index (χ4n) is 3.30. The summed E-state index contributed by atoms with van der Waals surface area (Å²) < 4.78 is 10.9. The SMILES string of the molecule is NC(=O)CO[C@H]1CCOC[C@H]1NC(=O)CCCc1c[nH]c2ccccc12. The molecule has 7 heteroatoms. The van der Waals surface area contributed by atoms with Crippen molar-refractivity contribution < 1.29 is 19.1 Å². The second-order valence-electron chi connectivity index (χ2n) is 6.57. The smallest absolute Gasteiger partial charge is 0.243 e. The predicted molar refractivity (Wildman–Crippen MR) is 97.5 cm³/mol. The second-order valence-corrected chi connectivity index (χ2v) is 6.57. The van der Waals surface area contributed by atoms with Crippen molar-refractivity contribution in [1.82, 2.24) is 10.3 Å². The molecule has 0 spiro atoms. The third-order valence-corrected chi connectivity index (χ3v) is 4.60. The van der Waals surface area contributed by atoms with Crippen LogP contribution in [0, 0.1) is 0 Å². The van der Waals surface area contributed by atoms with E-state index in [9.17, 15) is 9.59 Å². The van der Waals surface area contributed by atoms with Crippen molar-refractivity contribution in [2.24, 2.45) is 5.73 Å². The van der Waals surface area contributed by atoms with E-state index in [0.29, 0.717) is 26.1 Å². The van der Waals surface area contributed by atoms with E-state index >= 15 is 0 Å². The van der Waals surface area contributed by atoms with Crippen LogP contribution in [-0.2, 0) is 25.5 Å². The molecule has 1 aliphatic heterocycles. The number of fused-ring (bicyclic) bond motifs is 1. The van der Waals surface area contributed by atoms with E-state index in [1.54, 1.807) is 0 Å². The summed E-state index contributed by atoms with van der Waals surface area (Å²) in [7, 11) is 0. The summed E-state index contributed by atoms with van der Waals surface area (Å²) in [5.41, 5.74) is 7.45. The zero-order valence-electron chi connectivity index (χ0n) is 14.7. The Kier molecular flexibility index (Phi) is 6.25. The molecule has 0 aliphatic carbocycles. The number of H-pyrrole nitrogens is 1. The van der Waals surface area contributed by atoms with E-state index < -0.39 is 5.91 Å². The highest BCUT2D eigenvalue weighted by Gasteiger charge is 2.28. The van der Waals surface area contributed by atoms with Gasteiger partial charge in [-0.15, -0.1) is 0 Å². The fourth-order valence-corrected chi connectivity index (χ4v) is 3.30. The highest BCUT2D eigenvalue weighted by molar-refractivity contribution is 5.83. The van der Waals surface area contributed by atoms with Crippen LogP contribution in [0.3, 0.4) is 0 Å². The van der Waals surface area contributed by atoms with Crippen LogP contribution in [0.1, 0.15) is 24.8 Å². The highest BCUT2D eigenvalue weighted by Crippen LogP contribution is 2.19. The lowest BCUT2D eigenvalue weighted by Crippen LogP contribution is -2.51. The monoisotopic (exact) mass is 359 g/mol. The first-order chi connectivity index (χ1) is 12.6. The number of nitrogens with one attached hydrogen (secondary N) is 2. The Hall–Kier alpha value is -2.38. The number of rotatable bonds is 8. The molecule has 2 aromatic rings. The molecular formula is C19H25N3O4. The predicted octanol–water partition coefficient (Wildman–Crippen LogP) is 1.27. The molecule has 0 bridgehead atoms. The summed E-state index contributed by atoms with van der Waals surface area (Å²) in [5.74, 6) is -0.548. The zero-order valence-corrected chi connectivity index (χ0v) is 14.7. The van der Waals surface area contributed by atoms with Gasteiger partial charge in [0.15, 0.2) is 0 Å². The number of amides is 2. The van der Waals surface area contributed by atoms with E-state index in [1.165, 1.54) is 10.9 Å². The van der Waals surface area contributed by atoms with E-state index in [1.807, 2.05) is 24.4 Å². The van der Waals surface area contributed by atoms with Crippen LogP contribution in [-0.4, -0.2) is 48.8 Å². The number of hydrogen-bond acceptors (Lipinski definition) is 4. The van der Waals surface area contributed by atoms with Crippen LogP contribution in [0.4, 0.5) is 0 Å². The molecule has 1 aliphatic rings. The minimum absolute atomic E-state index is 0.0342. The third kappa shape index (κ3) is 4.83. The number of nitrogens with two attached hydrogens (primary N) is 1. The van der Waals surface area contributed by atoms with Gasteiger partial charge in [-0.2, -0.15) is 0 Å². The van der Waals surface area contributed by atoms with Gasteiger partial charge in [0.1, 0.15) is 6.61 Å². The number of aryl methyl sites for hydroxylation is 1. The number of para-hydroxylation sites is 1. The molecule has 3 rings (SSSR count). The van der Waals surface area contributed by atoms with Gasteiger partial charge >= 0.3 is 0 Å². The molecule has 1 saturated heterocycles. The summed E-state index contributed by atoms with van der Waals surface area (Å²) in [6, 6.07) is 7.90. The van der Waals surface area contributed by atoms with Gasteiger partial charge in [-0.3, -0.25) is 9.59 Å². The van der Waals surface area contributed by atoms with Crippen molar-refractivity contribution in [2.75, 3.05) is 19.8 Å². The van der Waals surface area contributed by atoms with Crippen LogP contribution in [0.5, 0.6) is 0 Å². The summed E-state index contributed by atoms with van der Waals surface area (Å²) >= 11 is 0. The Morgan fingerprint density at radius 3 is 3.04 bits per heavy atom. The van der Waals surface area contributed by atoms with Crippen molar-refractivity contribution in [3.05, 3.63) is 36.0 Å². The number of benzene rings is 1. The Bertz CT molecular complexity index is 758. The molecule has 2 amide bonds. The highest BCUT2D eigenvalue weighted by atomic mass is 16.5. The Labute approximate surface area is 152 Å². The average molecular weight is 359 g/mol. The molecule has 4 N–H and O–H groups in total. The average Bonchev–Trinajstić information content (AvgIpc) is 3.04. The van der Waals surface area contributed by atoms with Gasteiger partial charge < -0.3 is 25.5 Å². The summed E-state index contributed by atoms with van der Waals surface area (Å²) in [6.45, 7) is 0.797. The minimum Gasteiger partial charge on any atom is -0.379 e. The first kappa shape index (κ1) is 18.4. The number of ether oxygens (including phenoxy) is 2. The van der Waals surface area contributed by atoms with Crippen LogP contribution in [0.25, 0.3) is 10.9 Å². The first-order valence-corrected chi connectivity index (χ1v) is 8.95. The number of aromatic nitrogens is 1. The molecule has 1 fully saturated rings. The van der Waals surface area contributed by atoms with Crippen LogP contribution in [0.15, 0.2) is 30.5 Å². The van der Waals surface area contributed by atoms with Crippen molar-refractivity contribution in [2.45, 2.75) is 37.8 Å². The van der Waals surface area contributed by atoms with E-state index in [-0.39, 0.29) is 24.7 Å². The molecule has 2 heterocycles. The van der Waals surface area contributed by atoms with E-state index in [4.69, 9.17) is 15.2 Å². The fraction of sp³-hybridized carbons (Fsp3) is 0.474. The number of carbonyl (C=O) groups excluding carboxylic acids is 2. The summed E-state index contributed by atoms with van der Waals surface area (Å²) in [5, 5.41) is 4.16.